The smallest absolute Gasteiger partial charge is 0.378 e. The molecule has 3 saturated carbocycles. The minimum atomic E-state index is -4.62. The fraction of sp³-hybridized carbons (Fsp3) is 0.474. The van der Waals surface area contributed by atoms with Crippen molar-refractivity contribution in [2.45, 2.75) is 49.5 Å². The van der Waals surface area contributed by atoms with Crippen molar-refractivity contribution >= 4 is 11.7 Å². The number of nitrogens with zero attached hydrogens (tertiary/aromatic N) is 2. The second-order valence-corrected chi connectivity index (χ2v) is 7.97. The number of carbonyl (C=O) groups excluding carboxylic acids is 1. The van der Waals surface area contributed by atoms with E-state index in [9.17, 15) is 31.1 Å². The van der Waals surface area contributed by atoms with E-state index in [2.05, 4.69) is 10.4 Å². The SMILES string of the molecule is COC12CC(N(Cc3cc(C(F)(F)F)[nH]n3)C(=O)Nc3ccc(F)c(C(F)F)c3)(C1)C2. The third-order valence-electron chi connectivity index (χ3n) is 5.94. The Bertz CT molecular complexity index is 986. The fourth-order valence-electron chi connectivity index (χ4n) is 4.33. The molecule has 12 heteroatoms. The number of benzene rings is 1. The van der Waals surface area contributed by atoms with Gasteiger partial charge in [0.1, 0.15) is 11.5 Å². The molecule has 3 aliphatic rings. The monoisotopic (exact) mass is 448 g/mol. The Balaban J connectivity index is 1.56. The van der Waals surface area contributed by atoms with Crippen LogP contribution in [0, 0.1) is 5.82 Å². The van der Waals surface area contributed by atoms with Crippen LogP contribution >= 0.6 is 0 Å². The number of amides is 2. The molecule has 168 valence electrons. The fourth-order valence-corrected chi connectivity index (χ4v) is 4.33. The molecule has 2 bridgehead atoms. The lowest BCUT2D eigenvalue weighted by atomic mass is 9.45. The summed E-state index contributed by atoms with van der Waals surface area (Å²) in [6.07, 6.45) is -6.21. The molecule has 6 nitrogen and oxygen atoms in total. The summed E-state index contributed by atoms with van der Waals surface area (Å²) < 4.78 is 83.4. The van der Waals surface area contributed by atoms with E-state index in [1.165, 1.54) is 4.90 Å². The summed E-state index contributed by atoms with van der Waals surface area (Å²) in [6.45, 7) is -0.235. The number of anilines is 1. The molecule has 31 heavy (non-hydrogen) atoms. The van der Waals surface area contributed by atoms with Crippen LogP contribution in [0.1, 0.15) is 42.6 Å². The molecule has 5 rings (SSSR count). The number of ether oxygens (including phenoxy) is 1. The van der Waals surface area contributed by atoms with Crippen LogP contribution in [-0.2, 0) is 17.5 Å². The van der Waals surface area contributed by atoms with E-state index in [1.54, 1.807) is 7.11 Å². The highest BCUT2D eigenvalue weighted by atomic mass is 19.4. The van der Waals surface area contributed by atoms with E-state index in [0.29, 0.717) is 19.3 Å². The van der Waals surface area contributed by atoms with Gasteiger partial charge in [0.25, 0.3) is 6.43 Å². The van der Waals surface area contributed by atoms with Gasteiger partial charge in [-0.2, -0.15) is 18.3 Å². The molecule has 2 aromatic rings. The van der Waals surface area contributed by atoms with Gasteiger partial charge < -0.3 is 15.0 Å². The van der Waals surface area contributed by atoms with Crippen molar-refractivity contribution in [1.29, 1.82) is 0 Å². The van der Waals surface area contributed by atoms with Crippen LogP contribution in [0.5, 0.6) is 0 Å². The summed E-state index contributed by atoms with van der Waals surface area (Å²) in [4.78, 5) is 14.3. The number of aromatic amines is 1. The van der Waals surface area contributed by atoms with Crippen molar-refractivity contribution in [1.82, 2.24) is 15.1 Å². The van der Waals surface area contributed by atoms with Gasteiger partial charge >= 0.3 is 12.2 Å². The number of carbonyl (C=O) groups is 1. The largest absolute Gasteiger partial charge is 0.432 e. The number of aromatic nitrogens is 2. The van der Waals surface area contributed by atoms with Gasteiger partial charge in [0.15, 0.2) is 0 Å². The average Bonchev–Trinajstić information content (AvgIpc) is 3.09. The number of alkyl halides is 5. The van der Waals surface area contributed by atoms with Crippen LogP contribution in [0.4, 0.5) is 36.8 Å². The normalized spacial score (nSPS) is 24.5. The predicted molar refractivity (Wildman–Crippen MR) is 95.8 cm³/mol. The molecule has 0 unspecified atom stereocenters. The number of methoxy groups -OCH3 is 1. The molecule has 3 aliphatic carbocycles. The summed E-state index contributed by atoms with van der Waals surface area (Å²) in [7, 11) is 1.54. The molecule has 0 saturated heterocycles. The summed E-state index contributed by atoms with van der Waals surface area (Å²) in [5.74, 6) is -1.11. The number of hydrogen-bond donors (Lipinski definition) is 2. The Hall–Kier alpha value is -2.76. The number of rotatable bonds is 6. The third-order valence-corrected chi connectivity index (χ3v) is 5.94. The van der Waals surface area contributed by atoms with Crippen molar-refractivity contribution in [2.75, 3.05) is 12.4 Å². The Morgan fingerprint density at radius 3 is 2.52 bits per heavy atom. The maximum absolute atomic E-state index is 13.5. The van der Waals surface area contributed by atoms with Crippen LogP contribution in [0.15, 0.2) is 24.3 Å². The number of hydrogen-bond acceptors (Lipinski definition) is 3. The van der Waals surface area contributed by atoms with Crippen molar-refractivity contribution < 1.29 is 35.9 Å². The molecule has 1 aromatic carbocycles. The van der Waals surface area contributed by atoms with Crippen molar-refractivity contribution in [3.8, 4) is 0 Å². The molecule has 0 spiro atoms. The molecule has 0 radical (unpaired) electrons. The first kappa shape index (κ1) is 21.5. The lowest BCUT2D eigenvalue weighted by Gasteiger charge is -2.72. The Morgan fingerprint density at radius 2 is 1.97 bits per heavy atom. The quantitative estimate of drug-likeness (QED) is 0.620. The lowest BCUT2D eigenvalue weighted by Crippen LogP contribution is -2.80. The standard InChI is InChI=1S/C19H18F6N4O2/c1-31-18-7-17(8-18,9-18)29(6-11-5-14(28-27-11)19(23,24)25)16(30)26-10-2-3-13(20)12(4-10)15(21)22/h2-5,15H,6-9H2,1H3,(H,26,30)(H,27,28). The molecular formula is C19H18F6N4O2. The zero-order valence-corrected chi connectivity index (χ0v) is 16.2. The topological polar surface area (TPSA) is 70.2 Å². The van der Waals surface area contributed by atoms with E-state index in [-0.39, 0.29) is 23.5 Å². The molecule has 3 fully saturated rings. The summed E-state index contributed by atoms with van der Waals surface area (Å²) >= 11 is 0. The van der Waals surface area contributed by atoms with Gasteiger partial charge in [0.2, 0.25) is 0 Å². The Labute approximate surface area is 172 Å². The first-order valence-electron chi connectivity index (χ1n) is 9.30. The lowest BCUT2D eigenvalue weighted by molar-refractivity contribution is -0.269. The highest BCUT2D eigenvalue weighted by Crippen LogP contribution is 2.65. The molecule has 0 atom stereocenters. The van der Waals surface area contributed by atoms with Crippen LogP contribution in [-0.4, -0.2) is 39.4 Å². The Morgan fingerprint density at radius 1 is 1.29 bits per heavy atom. The van der Waals surface area contributed by atoms with Crippen LogP contribution in [0.3, 0.4) is 0 Å². The van der Waals surface area contributed by atoms with Crippen LogP contribution in [0.25, 0.3) is 0 Å². The predicted octanol–water partition coefficient (Wildman–Crippen LogP) is 4.86. The van der Waals surface area contributed by atoms with Crippen molar-refractivity contribution in [3.63, 3.8) is 0 Å². The first-order chi connectivity index (χ1) is 14.5. The number of nitrogens with one attached hydrogen (secondary N) is 2. The van der Waals surface area contributed by atoms with Gasteiger partial charge in [-0.05, 0) is 24.3 Å². The second-order valence-electron chi connectivity index (χ2n) is 7.97. The first-order valence-corrected chi connectivity index (χ1v) is 9.30. The number of H-pyrrole nitrogens is 1. The molecule has 2 N–H and O–H groups in total. The Kier molecular flexibility index (Phi) is 4.95. The van der Waals surface area contributed by atoms with Crippen molar-refractivity contribution in [2.24, 2.45) is 0 Å². The minimum absolute atomic E-state index is 0.00829. The second kappa shape index (κ2) is 7.14. The van der Waals surface area contributed by atoms with E-state index < -0.39 is 41.2 Å². The summed E-state index contributed by atoms with van der Waals surface area (Å²) in [5.41, 5.74) is -2.98. The third kappa shape index (κ3) is 3.73. The van der Waals surface area contributed by atoms with Crippen LogP contribution < -0.4 is 5.32 Å². The zero-order valence-electron chi connectivity index (χ0n) is 16.2. The highest BCUT2D eigenvalue weighted by Gasteiger charge is 2.72. The molecule has 0 aliphatic heterocycles. The minimum Gasteiger partial charge on any atom is -0.378 e. The van der Waals surface area contributed by atoms with Crippen LogP contribution in [0.2, 0.25) is 0 Å². The van der Waals surface area contributed by atoms with Gasteiger partial charge in [0, 0.05) is 32.1 Å². The summed E-state index contributed by atoms with van der Waals surface area (Å²) in [5, 5.41) is 7.98. The molecule has 1 aromatic heterocycles. The number of halogens is 6. The van der Waals surface area contributed by atoms with Gasteiger partial charge in [-0.3, -0.25) is 5.10 Å². The van der Waals surface area contributed by atoms with Gasteiger partial charge in [0.05, 0.1) is 28.9 Å². The van der Waals surface area contributed by atoms with Crippen molar-refractivity contribution in [3.05, 3.63) is 47.0 Å². The van der Waals surface area contributed by atoms with Gasteiger partial charge in [-0.15, -0.1) is 0 Å². The average molecular weight is 448 g/mol. The highest BCUT2D eigenvalue weighted by molar-refractivity contribution is 5.90. The number of urea groups is 1. The molecular weight excluding hydrogens is 430 g/mol. The summed E-state index contributed by atoms with van der Waals surface area (Å²) in [6, 6.07) is 2.86. The van der Waals surface area contributed by atoms with Gasteiger partial charge in [-0.1, -0.05) is 0 Å². The van der Waals surface area contributed by atoms with E-state index in [0.717, 1.165) is 24.3 Å². The van der Waals surface area contributed by atoms with E-state index >= 15 is 0 Å². The van der Waals surface area contributed by atoms with Gasteiger partial charge in [-0.25, -0.2) is 18.0 Å². The maximum atomic E-state index is 13.5. The molecule has 1 heterocycles. The molecule has 2 amide bonds. The zero-order chi connectivity index (χ0) is 22.6. The van der Waals surface area contributed by atoms with E-state index in [4.69, 9.17) is 4.74 Å². The maximum Gasteiger partial charge on any atom is 0.432 e. The van der Waals surface area contributed by atoms with E-state index in [1.807, 2.05) is 5.10 Å².